The molecule has 0 aliphatic carbocycles. The van der Waals surface area contributed by atoms with E-state index in [0.717, 1.165) is 18.7 Å². The van der Waals surface area contributed by atoms with Crippen LogP contribution in [0.1, 0.15) is 27.2 Å². The molecule has 3 unspecified atom stereocenters. The van der Waals surface area contributed by atoms with Gasteiger partial charge in [-0.2, -0.15) is 11.8 Å². The maximum absolute atomic E-state index is 11.9. The molecule has 0 radical (unpaired) electrons. The van der Waals surface area contributed by atoms with E-state index in [2.05, 4.69) is 25.4 Å². The minimum Gasteiger partial charge on any atom is -0.326 e. The highest BCUT2D eigenvalue weighted by molar-refractivity contribution is 7.98. The van der Waals surface area contributed by atoms with Gasteiger partial charge in [-0.15, -0.1) is 0 Å². The molecule has 1 amide bonds. The maximum Gasteiger partial charge on any atom is 0.240 e. The lowest BCUT2D eigenvalue weighted by Crippen LogP contribution is -2.39. The Hall–Kier alpha value is -0.220. The number of nitrogens with one attached hydrogen (secondary N) is 1. The summed E-state index contributed by atoms with van der Waals surface area (Å²) in [4.78, 5) is 13.9. The second-order valence-corrected chi connectivity index (χ2v) is 5.27. The normalized spacial score (nSPS) is 28.5. The molecule has 1 aliphatic rings. The predicted octanol–water partition coefficient (Wildman–Crippen LogP) is 1.54. The average Bonchev–Trinajstić information content (AvgIpc) is 2.46. The molecule has 0 aromatic heterocycles. The van der Waals surface area contributed by atoms with E-state index in [-0.39, 0.29) is 18.1 Å². The molecule has 3 atom stereocenters. The van der Waals surface area contributed by atoms with Crippen molar-refractivity contribution in [3.05, 3.63) is 0 Å². The number of nitrogens with zero attached hydrogens (tertiary/aromatic N) is 1. The first-order valence-electron chi connectivity index (χ1n) is 5.65. The summed E-state index contributed by atoms with van der Waals surface area (Å²) in [6, 6.07) is -0.00331. The van der Waals surface area contributed by atoms with Crippen LogP contribution in [0.3, 0.4) is 0 Å². The van der Waals surface area contributed by atoms with Crippen LogP contribution < -0.4 is 5.32 Å². The third kappa shape index (κ3) is 3.11. The van der Waals surface area contributed by atoms with Gasteiger partial charge in [0.1, 0.15) is 0 Å². The van der Waals surface area contributed by atoms with Gasteiger partial charge in [0.15, 0.2) is 0 Å². The summed E-state index contributed by atoms with van der Waals surface area (Å²) in [6.45, 7) is 7.16. The van der Waals surface area contributed by atoms with E-state index in [9.17, 15) is 4.79 Å². The number of carbonyl (C=O) groups excluding carboxylic acids is 1. The standard InChI is InChI=1S/C11H22N2OS/c1-5-10-12-9(3)11(14)13(10)6-8(2)7-15-4/h8-10,12H,5-7H2,1-4H3. The molecule has 1 fully saturated rings. The van der Waals surface area contributed by atoms with Crippen molar-refractivity contribution in [2.24, 2.45) is 5.92 Å². The van der Waals surface area contributed by atoms with E-state index < -0.39 is 0 Å². The Morgan fingerprint density at radius 2 is 2.27 bits per heavy atom. The van der Waals surface area contributed by atoms with E-state index in [4.69, 9.17) is 0 Å². The van der Waals surface area contributed by atoms with Crippen molar-refractivity contribution < 1.29 is 4.79 Å². The number of hydrogen-bond donors (Lipinski definition) is 1. The summed E-state index contributed by atoms with van der Waals surface area (Å²) in [5.41, 5.74) is 0. The molecule has 1 aliphatic heterocycles. The van der Waals surface area contributed by atoms with E-state index >= 15 is 0 Å². The molecule has 1 rings (SSSR count). The second kappa shape index (κ2) is 5.75. The van der Waals surface area contributed by atoms with E-state index in [1.807, 2.05) is 23.6 Å². The highest BCUT2D eigenvalue weighted by Gasteiger charge is 2.35. The summed E-state index contributed by atoms with van der Waals surface area (Å²) in [5.74, 6) is 1.95. The van der Waals surface area contributed by atoms with Crippen LogP contribution in [-0.2, 0) is 4.79 Å². The minimum atomic E-state index is -0.00331. The number of carbonyl (C=O) groups is 1. The van der Waals surface area contributed by atoms with E-state index in [1.165, 1.54) is 0 Å². The molecule has 15 heavy (non-hydrogen) atoms. The van der Waals surface area contributed by atoms with Crippen molar-refractivity contribution in [1.82, 2.24) is 10.2 Å². The van der Waals surface area contributed by atoms with Crippen LogP contribution in [0.4, 0.5) is 0 Å². The molecule has 88 valence electrons. The molecule has 4 heteroatoms. The largest absolute Gasteiger partial charge is 0.326 e. The Balaban J connectivity index is 2.54. The molecule has 0 aromatic rings. The van der Waals surface area contributed by atoms with Gasteiger partial charge >= 0.3 is 0 Å². The van der Waals surface area contributed by atoms with Crippen LogP contribution in [0, 0.1) is 5.92 Å². The lowest BCUT2D eigenvalue weighted by atomic mass is 10.2. The molecule has 3 nitrogen and oxygen atoms in total. The van der Waals surface area contributed by atoms with Gasteiger partial charge in [-0.25, -0.2) is 0 Å². The van der Waals surface area contributed by atoms with Crippen molar-refractivity contribution in [2.45, 2.75) is 39.4 Å². The summed E-state index contributed by atoms with van der Waals surface area (Å²) < 4.78 is 0. The van der Waals surface area contributed by atoms with Crippen LogP contribution in [0.15, 0.2) is 0 Å². The fourth-order valence-electron chi connectivity index (χ4n) is 2.08. The van der Waals surface area contributed by atoms with Gasteiger partial charge in [-0.05, 0) is 31.3 Å². The highest BCUT2D eigenvalue weighted by Crippen LogP contribution is 2.16. The van der Waals surface area contributed by atoms with Crippen molar-refractivity contribution in [2.75, 3.05) is 18.6 Å². The zero-order valence-electron chi connectivity index (χ0n) is 10.1. The summed E-state index contributed by atoms with van der Waals surface area (Å²) in [5, 5.41) is 3.32. The molecular formula is C11H22N2OS. The number of rotatable bonds is 5. The molecule has 0 bridgehead atoms. The maximum atomic E-state index is 11.9. The van der Waals surface area contributed by atoms with Gasteiger partial charge in [-0.3, -0.25) is 10.1 Å². The Bertz CT molecular complexity index is 223. The van der Waals surface area contributed by atoms with Gasteiger partial charge in [0.25, 0.3) is 0 Å². The van der Waals surface area contributed by atoms with Crippen molar-refractivity contribution in [3.63, 3.8) is 0 Å². The smallest absolute Gasteiger partial charge is 0.240 e. The fourth-order valence-corrected chi connectivity index (χ4v) is 2.76. The van der Waals surface area contributed by atoms with Gasteiger partial charge in [0.2, 0.25) is 5.91 Å². The monoisotopic (exact) mass is 230 g/mol. The molecule has 0 aromatic carbocycles. The zero-order chi connectivity index (χ0) is 11.4. The third-order valence-corrected chi connectivity index (χ3v) is 3.72. The number of hydrogen-bond acceptors (Lipinski definition) is 3. The van der Waals surface area contributed by atoms with Crippen LogP contribution in [-0.4, -0.2) is 41.6 Å². The van der Waals surface area contributed by atoms with Crippen LogP contribution in [0.25, 0.3) is 0 Å². The second-order valence-electron chi connectivity index (χ2n) is 4.36. The lowest BCUT2D eigenvalue weighted by molar-refractivity contribution is -0.130. The lowest BCUT2D eigenvalue weighted by Gasteiger charge is -2.26. The Labute approximate surface area is 97.0 Å². The van der Waals surface area contributed by atoms with Gasteiger partial charge in [0, 0.05) is 6.54 Å². The minimum absolute atomic E-state index is 0.00331. The first-order valence-corrected chi connectivity index (χ1v) is 7.05. The summed E-state index contributed by atoms with van der Waals surface area (Å²) in [7, 11) is 0. The van der Waals surface area contributed by atoms with Crippen LogP contribution >= 0.6 is 11.8 Å². The first-order chi connectivity index (χ1) is 7.10. The van der Waals surface area contributed by atoms with Crippen molar-refractivity contribution in [1.29, 1.82) is 0 Å². The highest BCUT2D eigenvalue weighted by atomic mass is 32.2. The molecular weight excluding hydrogens is 208 g/mol. The first kappa shape index (κ1) is 12.8. The molecule has 1 N–H and O–H groups in total. The Kier molecular flexibility index (Phi) is 4.93. The SMILES string of the molecule is CCC1NC(C)C(=O)N1CC(C)CSC. The average molecular weight is 230 g/mol. The van der Waals surface area contributed by atoms with E-state index in [0.29, 0.717) is 5.92 Å². The zero-order valence-corrected chi connectivity index (χ0v) is 10.9. The predicted molar refractivity (Wildman–Crippen MR) is 65.9 cm³/mol. The van der Waals surface area contributed by atoms with Crippen LogP contribution in [0.2, 0.25) is 0 Å². The molecule has 0 spiro atoms. The molecule has 0 saturated carbocycles. The van der Waals surface area contributed by atoms with Gasteiger partial charge in [0.05, 0.1) is 12.2 Å². The number of amides is 1. The third-order valence-electron chi connectivity index (χ3n) is 2.82. The topological polar surface area (TPSA) is 32.3 Å². The van der Waals surface area contributed by atoms with Gasteiger partial charge < -0.3 is 4.90 Å². The number of thioether (sulfide) groups is 1. The summed E-state index contributed by atoms with van der Waals surface area (Å²) in [6.07, 6.45) is 3.35. The Morgan fingerprint density at radius 3 is 2.80 bits per heavy atom. The van der Waals surface area contributed by atoms with Crippen LogP contribution in [0.5, 0.6) is 0 Å². The van der Waals surface area contributed by atoms with Gasteiger partial charge in [-0.1, -0.05) is 13.8 Å². The van der Waals surface area contributed by atoms with Crippen molar-refractivity contribution in [3.8, 4) is 0 Å². The quantitative estimate of drug-likeness (QED) is 0.777. The Morgan fingerprint density at radius 1 is 1.60 bits per heavy atom. The van der Waals surface area contributed by atoms with E-state index in [1.54, 1.807) is 0 Å². The molecule has 1 saturated heterocycles. The molecule has 1 heterocycles. The summed E-state index contributed by atoms with van der Waals surface area (Å²) >= 11 is 1.85. The van der Waals surface area contributed by atoms with Crippen molar-refractivity contribution >= 4 is 17.7 Å². The fraction of sp³-hybridized carbons (Fsp3) is 0.909.